The van der Waals surface area contributed by atoms with Crippen molar-refractivity contribution in [3.63, 3.8) is 0 Å². The van der Waals surface area contributed by atoms with Crippen LogP contribution in [0.1, 0.15) is 11.1 Å². The lowest BCUT2D eigenvalue weighted by Gasteiger charge is -2.08. The molecule has 0 aromatic heterocycles. The Kier molecular flexibility index (Phi) is 2.68. The SMILES string of the molecule is O=C1C=C(c2ccc(C(F)(F)F)cc2F)C(=O)N1. The molecule has 1 aromatic carbocycles. The van der Waals surface area contributed by atoms with E-state index in [9.17, 15) is 27.2 Å². The monoisotopic (exact) mass is 259 g/mol. The van der Waals surface area contributed by atoms with E-state index >= 15 is 0 Å². The molecule has 94 valence electrons. The Labute approximate surface area is 98.1 Å². The van der Waals surface area contributed by atoms with Gasteiger partial charge >= 0.3 is 6.18 Å². The molecule has 1 N–H and O–H groups in total. The van der Waals surface area contributed by atoms with Crippen molar-refractivity contribution in [2.45, 2.75) is 6.18 Å². The normalized spacial score (nSPS) is 15.7. The van der Waals surface area contributed by atoms with Gasteiger partial charge in [0.1, 0.15) is 5.82 Å². The molecule has 0 spiro atoms. The quantitative estimate of drug-likeness (QED) is 0.618. The van der Waals surface area contributed by atoms with Crippen molar-refractivity contribution < 1.29 is 27.2 Å². The first-order valence-corrected chi connectivity index (χ1v) is 4.73. The molecular formula is C11H5F4NO2. The van der Waals surface area contributed by atoms with Gasteiger partial charge in [-0.2, -0.15) is 13.2 Å². The molecule has 2 rings (SSSR count). The first kappa shape index (κ1) is 12.3. The smallest absolute Gasteiger partial charge is 0.289 e. The highest BCUT2D eigenvalue weighted by Crippen LogP contribution is 2.32. The molecule has 2 amide bonds. The van der Waals surface area contributed by atoms with Crippen LogP contribution in [0.25, 0.3) is 5.57 Å². The molecule has 18 heavy (non-hydrogen) atoms. The van der Waals surface area contributed by atoms with E-state index in [-0.39, 0.29) is 17.2 Å². The minimum Gasteiger partial charge on any atom is -0.289 e. The van der Waals surface area contributed by atoms with E-state index in [1.807, 2.05) is 5.32 Å². The van der Waals surface area contributed by atoms with E-state index in [4.69, 9.17) is 0 Å². The molecule has 0 radical (unpaired) electrons. The van der Waals surface area contributed by atoms with Crippen molar-refractivity contribution in [1.29, 1.82) is 0 Å². The summed E-state index contributed by atoms with van der Waals surface area (Å²) in [5.41, 5.74) is -1.79. The summed E-state index contributed by atoms with van der Waals surface area (Å²) in [6.07, 6.45) is -3.82. The van der Waals surface area contributed by atoms with Gasteiger partial charge in [-0.05, 0) is 12.1 Å². The molecule has 0 atom stereocenters. The van der Waals surface area contributed by atoms with E-state index in [1.54, 1.807) is 0 Å². The number of nitrogens with one attached hydrogen (secondary N) is 1. The Bertz CT molecular complexity index is 575. The third kappa shape index (κ3) is 2.11. The fourth-order valence-electron chi connectivity index (χ4n) is 1.52. The zero-order valence-corrected chi connectivity index (χ0v) is 8.64. The average Bonchev–Trinajstić information content (AvgIpc) is 2.56. The molecule has 1 aliphatic heterocycles. The van der Waals surface area contributed by atoms with Gasteiger partial charge in [-0.15, -0.1) is 0 Å². The molecule has 0 fully saturated rings. The molecule has 1 aliphatic rings. The van der Waals surface area contributed by atoms with Crippen molar-refractivity contribution >= 4 is 17.4 Å². The van der Waals surface area contributed by atoms with E-state index in [0.29, 0.717) is 6.07 Å². The Hall–Kier alpha value is -2.18. The molecule has 0 saturated heterocycles. The van der Waals surface area contributed by atoms with Gasteiger partial charge in [0.05, 0.1) is 11.1 Å². The zero-order valence-electron chi connectivity index (χ0n) is 8.64. The number of rotatable bonds is 1. The van der Waals surface area contributed by atoms with Crippen molar-refractivity contribution in [1.82, 2.24) is 5.32 Å². The maximum Gasteiger partial charge on any atom is 0.416 e. The Balaban J connectivity index is 2.46. The maximum absolute atomic E-state index is 13.5. The summed E-state index contributed by atoms with van der Waals surface area (Å²) in [4.78, 5) is 22.1. The van der Waals surface area contributed by atoms with Crippen molar-refractivity contribution in [3.05, 3.63) is 41.2 Å². The predicted octanol–water partition coefficient (Wildman–Crippen LogP) is 1.88. The highest BCUT2D eigenvalue weighted by Gasteiger charge is 2.32. The maximum atomic E-state index is 13.5. The highest BCUT2D eigenvalue weighted by molar-refractivity contribution is 6.33. The summed E-state index contributed by atoms with van der Waals surface area (Å²) >= 11 is 0. The standard InChI is InChI=1S/C11H5F4NO2/c12-8-3-5(11(13,14)15)1-2-6(8)7-4-9(17)16-10(7)18/h1-4H,(H,16,17,18). The van der Waals surface area contributed by atoms with E-state index in [2.05, 4.69) is 0 Å². The van der Waals surface area contributed by atoms with E-state index in [0.717, 1.165) is 12.1 Å². The van der Waals surface area contributed by atoms with Gasteiger partial charge in [0, 0.05) is 11.6 Å². The molecule has 1 aromatic rings. The first-order valence-electron chi connectivity index (χ1n) is 4.73. The van der Waals surface area contributed by atoms with Crippen molar-refractivity contribution in [2.24, 2.45) is 0 Å². The van der Waals surface area contributed by atoms with Crippen LogP contribution in [0.3, 0.4) is 0 Å². The van der Waals surface area contributed by atoms with Crippen LogP contribution in [0.2, 0.25) is 0 Å². The van der Waals surface area contributed by atoms with Gasteiger partial charge in [-0.1, -0.05) is 6.07 Å². The summed E-state index contributed by atoms with van der Waals surface area (Å²) in [6.45, 7) is 0. The molecule has 3 nitrogen and oxygen atoms in total. The number of benzene rings is 1. The van der Waals surface area contributed by atoms with Crippen LogP contribution in [-0.4, -0.2) is 11.8 Å². The number of hydrogen-bond donors (Lipinski definition) is 1. The summed E-state index contributed by atoms with van der Waals surface area (Å²) in [5.74, 6) is -2.77. The number of alkyl halides is 3. The molecule has 0 unspecified atom stereocenters. The predicted molar refractivity (Wildman–Crippen MR) is 52.5 cm³/mol. The van der Waals surface area contributed by atoms with Crippen LogP contribution in [0, 0.1) is 5.82 Å². The lowest BCUT2D eigenvalue weighted by Crippen LogP contribution is -2.22. The summed E-state index contributed by atoms with van der Waals surface area (Å²) in [5, 5.41) is 1.88. The molecule has 1 heterocycles. The van der Waals surface area contributed by atoms with Gasteiger partial charge in [0.15, 0.2) is 0 Å². The van der Waals surface area contributed by atoms with Crippen LogP contribution >= 0.6 is 0 Å². The van der Waals surface area contributed by atoms with Gasteiger partial charge in [0.2, 0.25) is 0 Å². The van der Waals surface area contributed by atoms with E-state index < -0.39 is 29.4 Å². The Morgan fingerprint density at radius 2 is 1.78 bits per heavy atom. The third-order valence-electron chi connectivity index (χ3n) is 2.34. The Morgan fingerprint density at radius 1 is 1.11 bits per heavy atom. The van der Waals surface area contributed by atoms with Crippen LogP contribution in [0.4, 0.5) is 17.6 Å². The topological polar surface area (TPSA) is 46.2 Å². The van der Waals surface area contributed by atoms with Crippen molar-refractivity contribution in [3.8, 4) is 0 Å². The van der Waals surface area contributed by atoms with Gasteiger partial charge in [0.25, 0.3) is 11.8 Å². The molecule has 0 aliphatic carbocycles. The number of amides is 2. The summed E-state index contributed by atoms with van der Waals surface area (Å²) in [6, 6.07) is 1.75. The second kappa shape index (κ2) is 3.94. The summed E-state index contributed by atoms with van der Waals surface area (Å²) in [7, 11) is 0. The number of carbonyl (C=O) groups excluding carboxylic acids is 2. The molecule has 7 heteroatoms. The Morgan fingerprint density at radius 3 is 2.22 bits per heavy atom. The second-order valence-corrected chi connectivity index (χ2v) is 3.57. The number of hydrogen-bond acceptors (Lipinski definition) is 2. The first-order chi connectivity index (χ1) is 8.29. The average molecular weight is 259 g/mol. The van der Waals surface area contributed by atoms with Crippen molar-refractivity contribution in [2.75, 3.05) is 0 Å². The largest absolute Gasteiger partial charge is 0.416 e. The van der Waals surface area contributed by atoms with Crippen LogP contribution < -0.4 is 5.32 Å². The molecular weight excluding hydrogens is 254 g/mol. The lowest BCUT2D eigenvalue weighted by molar-refractivity contribution is -0.137. The minimum absolute atomic E-state index is 0.284. The van der Waals surface area contributed by atoms with Gasteiger partial charge < -0.3 is 0 Å². The number of halogens is 4. The molecule has 0 bridgehead atoms. The number of carbonyl (C=O) groups is 2. The van der Waals surface area contributed by atoms with Gasteiger partial charge in [-0.25, -0.2) is 4.39 Å². The van der Waals surface area contributed by atoms with Crippen LogP contribution in [0.5, 0.6) is 0 Å². The van der Waals surface area contributed by atoms with Crippen LogP contribution in [0.15, 0.2) is 24.3 Å². The third-order valence-corrected chi connectivity index (χ3v) is 2.34. The van der Waals surface area contributed by atoms with E-state index in [1.165, 1.54) is 0 Å². The van der Waals surface area contributed by atoms with Crippen LogP contribution in [-0.2, 0) is 15.8 Å². The fraction of sp³-hybridized carbons (Fsp3) is 0.0909. The zero-order chi connectivity index (χ0) is 13.5. The van der Waals surface area contributed by atoms with Gasteiger partial charge in [-0.3, -0.25) is 14.9 Å². The minimum atomic E-state index is -4.67. The summed E-state index contributed by atoms with van der Waals surface area (Å²) < 4.78 is 50.4. The lowest BCUT2D eigenvalue weighted by atomic mass is 10.0. The second-order valence-electron chi connectivity index (χ2n) is 3.57. The highest BCUT2D eigenvalue weighted by atomic mass is 19.4. The molecule has 0 saturated carbocycles. The number of imide groups is 1. The fourth-order valence-corrected chi connectivity index (χ4v) is 1.52.